The summed E-state index contributed by atoms with van der Waals surface area (Å²) in [6.07, 6.45) is -1.34. The molecule has 1 atom stereocenters. The molecule has 0 aliphatic rings. The van der Waals surface area contributed by atoms with E-state index < -0.39 is 22.9 Å². The van der Waals surface area contributed by atoms with Gasteiger partial charge in [-0.3, -0.25) is 14.9 Å². The summed E-state index contributed by atoms with van der Waals surface area (Å²) in [4.78, 5) is 36.4. The SMILES string of the molecule is Cc1ccc(NC(=O)[C@@H](OC(=O)c2ccc(C#N)cc2)c2ccccc2)c([N+](=O)[O-])c1. The molecular weight excluding hydrogens is 398 g/mol. The monoisotopic (exact) mass is 415 g/mol. The fourth-order valence-electron chi connectivity index (χ4n) is 2.85. The van der Waals surface area contributed by atoms with Crippen LogP contribution in [0.25, 0.3) is 0 Å². The number of anilines is 1. The number of hydrogen-bond acceptors (Lipinski definition) is 6. The second kappa shape index (κ2) is 9.33. The normalized spacial score (nSPS) is 11.1. The first-order chi connectivity index (χ1) is 14.9. The number of nitro groups is 1. The molecule has 3 rings (SSSR count). The number of hydrogen-bond donors (Lipinski definition) is 1. The summed E-state index contributed by atoms with van der Waals surface area (Å²) >= 11 is 0. The average molecular weight is 415 g/mol. The van der Waals surface area contributed by atoms with Crippen molar-refractivity contribution >= 4 is 23.3 Å². The van der Waals surface area contributed by atoms with Crippen LogP contribution in [0.2, 0.25) is 0 Å². The number of esters is 1. The Kier molecular flexibility index (Phi) is 6.38. The topological polar surface area (TPSA) is 122 Å². The maximum Gasteiger partial charge on any atom is 0.339 e. The van der Waals surface area contributed by atoms with Gasteiger partial charge in [-0.1, -0.05) is 36.4 Å². The highest BCUT2D eigenvalue weighted by Gasteiger charge is 2.27. The molecule has 0 heterocycles. The zero-order chi connectivity index (χ0) is 22.4. The molecule has 0 fully saturated rings. The summed E-state index contributed by atoms with van der Waals surface area (Å²) in [5, 5.41) is 22.7. The van der Waals surface area contributed by atoms with E-state index in [1.54, 1.807) is 43.3 Å². The van der Waals surface area contributed by atoms with Crippen LogP contribution >= 0.6 is 0 Å². The van der Waals surface area contributed by atoms with Crippen LogP contribution in [0.3, 0.4) is 0 Å². The number of carbonyl (C=O) groups is 2. The highest BCUT2D eigenvalue weighted by atomic mass is 16.6. The molecule has 0 spiro atoms. The van der Waals surface area contributed by atoms with Crippen molar-refractivity contribution in [2.24, 2.45) is 0 Å². The molecule has 8 nitrogen and oxygen atoms in total. The average Bonchev–Trinajstić information content (AvgIpc) is 2.78. The molecule has 3 aromatic carbocycles. The molecule has 154 valence electrons. The first kappa shape index (κ1) is 21.2. The number of nitrogens with zero attached hydrogens (tertiary/aromatic N) is 2. The fraction of sp³-hybridized carbons (Fsp3) is 0.0870. The van der Waals surface area contributed by atoms with Crippen LogP contribution in [0.5, 0.6) is 0 Å². The van der Waals surface area contributed by atoms with Crippen LogP contribution in [0.15, 0.2) is 72.8 Å². The number of nitriles is 1. The number of aryl methyl sites for hydroxylation is 1. The maximum atomic E-state index is 13.0. The van der Waals surface area contributed by atoms with Crippen molar-refractivity contribution in [1.29, 1.82) is 5.26 Å². The van der Waals surface area contributed by atoms with E-state index >= 15 is 0 Å². The van der Waals surface area contributed by atoms with Crippen LogP contribution in [-0.4, -0.2) is 16.8 Å². The molecule has 0 saturated carbocycles. The van der Waals surface area contributed by atoms with Crippen LogP contribution in [-0.2, 0) is 9.53 Å². The lowest BCUT2D eigenvalue weighted by Gasteiger charge is -2.18. The van der Waals surface area contributed by atoms with Gasteiger partial charge in [-0.2, -0.15) is 5.26 Å². The largest absolute Gasteiger partial charge is 0.444 e. The van der Waals surface area contributed by atoms with Crippen molar-refractivity contribution < 1.29 is 19.2 Å². The van der Waals surface area contributed by atoms with Crippen molar-refractivity contribution in [1.82, 2.24) is 0 Å². The molecule has 1 amide bonds. The number of amides is 1. The Bertz CT molecular complexity index is 1170. The molecule has 0 aliphatic carbocycles. The molecule has 8 heteroatoms. The van der Waals surface area contributed by atoms with Crippen LogP contribution in [0.1, 0.15) is 33.2 Å². The summed E-state index contributed by atoms with van der Waals surface area (Å²) < 4.78 is 5.45. The summed E-state index contributed by atoms with van der Waals surface area (Å²) in [6.45, 7) is 1.70. The van der Waals surface area contributed by atoms with Gasteiger partial charge < -0.3 is 10.1 Å². The molecular formula is C23H17N3O5. The summed E-state index contributed by atoms with van der Waals surface area (Å²) in [5.41, 5.74) is 1.33. The van der Waals surface area contributed by atoms with Gasteiger partial charge in [-0.05, 0) is 42.8 Å². The lowest BCUT2D eigenvalue weighted by atomic mass is 10.1. The Morgan fingerprint density at radius 1 is 1.06 bits per heavy atom. The molecule has 0 bridgehead atoms. The second-order valence-electron chi connectivity index (χ2n) is 6.65. The predicted octanol–water partition coefficient (Wildman–Crippen LogP) is 4.31. The third-order valence-corrected chi connectivity index (χ3v) is 4.42. The van der Waals surface area contributed by atoms with Gasteiger partial charge in [0.15, 0.2) is 0 Å². The number of nitro benzene ring substituents is 1. The molecule has 0 radical (unpaired) electrons. The van der Waals surface area contributed by atoms with Crippen molar-refractivity contribution in [3.8, 4) is 6.07 Å². The molecule has 0 saturated heterocycles. The highest BCUT2D eigenvalue weighted by Crippen LogP contribution is 2.28. The van der Waals surface area contributed by atoms with Gasteiger partial charge >= 0.3 is 5.97 Å². The van der Waals surface area contributed by atoms with Crippen molar-refractivity contribution in [3.63, 3.8) is 0 Å². The van der Waals surface area contributed by atoms with Crippen LogP contribution in [0.4, 0.5) is 11.4 Å². The molecule has 31 heavy (non-hydrogen) atoms. The number of benzene rings is 3. The molecule has 0 unspecified atom stereocenters. The highest BCUT2D eigenvalue weighted by molar-refractivity contribution is 5.99. The molecule has 0 aromatic heterocycles. The van der Waals surface area contributed by atoms with Crippen molar-refractivity contribution in [2.75, 3.05) is 5.32 Å². The van der Waals surface area contributed by atoms with Crippen LogP contribution < -0.4 is 5.32 Å². The number of carbonyl (C=O) groups excluding carboxylic acids is 2. The smallest absolute Gasteiger partial charge is 0.339 e. The Morgan fingerprint density at radius 2 is 1.74 bits per heavy atom. The van der Waals surface area contributed by atoms with Gasteiger partial charge in [0.05, 0.1) is 22.1 Å². The zero-order valence-electron chi connectivity index (χ0n) is 16.4. The van der Waals surface area contributed by atoms with Crippen molar-refractivity contribution in [3.05, 3.63) is 105 Å². The minimum absolute atomic E-state index is 0.00375. The van der Waals surface area contributed by atoms with Gasteiger partial charge in [-0.25, -0.2) is 4.79 Å². The molecule has 3 aromatic rings. The number of rotatable bonds is 6. The van der Waals surface area contributed by atoms with Crippen LogP contribution in [0, 0.1) is 28.4 Å². The lowest BCUT2D eigenvalue weighted by Crippen LogP contribution is -2.26. The predicted molar refractivity (Wildman–Crippen MR) is 112 cm³/mol. The zero-order valence-corrected chi connectivity index (χ0v) is 16.4. The third kappa shape index (κ3) is 5.10. The minimum Gasteiger partial charge on any atom is -0.444 e. The van der Waals surface area contributed by atoms with Gasteiger partial charge in [0.25, 0.3) is 11.6 Å². The van der Waals surface area contributed by atoms with E-state index in [0.717, 1.165) is 0 Å². The number of ether oxygens (including phenoxy) is 1. The quantitative estimate of drug-likeness (QED) is 0.364. The summed E-state index contributed by atoms with van der Waals surface area (Å²) in [7, 11) is 0. The molecule has 0 aliphatic heterocycles. The first-order valence-corrected chi connectivity index (χ1v) is 9.21. The second-order valence-corrected chi connectivity index (χ2v) is 6.65. The van der Waals surface area contributed by atoms with E-state index in [-0.39, 0.29) is 16.9 Å². The Hall–Kier alpha value is -4.51. The minimum atomic E-state index is -1.34. The van der Waals surface area contributed by atoms with E-state index in [1.165, 1.54) is 36.4 Å². The Labute approximate surface area is 177 Å². The van der Waals surface area contributed by atoms with E-state index in [0.29, 0.717) is 16.7 Å². The van der Waals surface area contributed by atoms with Gasteiger partial charge in [0.2, 0.25) is 6.10 Å². The van der Waals surface area contributed by atoms with E-state index in [1.807, 2.05) is 6.07 Å². The Morgan fingerprint density at radius 3 is 2.35 bits per heavy atom. The Balaban J connectivity index is 1.89. The third-order valence-electron chi connectivity index (χ3n) is 4.42. The first-order valence-electron chi connectivity index (χ1n) is 9.21. The molecule has 1 N–H and O–H groups in total. The maximum absolute atomic E-state index is 13.0. The fourth-order valence-corrected chi connectivity index (χ4v) is 2.85. The van der Waals surface area contributed by atoms with Crippen molar-refractivity contribution in [2.45, 2.75) is 13.0 Å². The summed E-state index contributed by atoms with van der Waals surface area (Å²) in [6, 6.07) is 20.4. The summed E-state index contributed by atoms with van der Waals surface area (Å²) in [5.74, 6) is -1.51. The lowest BCUT2D eigenvalue weighted by molar-refractivity contribution is -0.384. The standard InChI is InChI=1S/C23H17N3O5/c1-15-7-12-19(20(13-15)26(29)30)25-22(27)21(17-5-3-2-4-6-17)31-23(28)18-10-8-16(14-24)9-11-18/h2-13,21H,1H3,(H,25,27)/t21-/m0/s1. The van der Waals surface area contributed by atoms with E-state index in [2.05, 4.69) is 5.32 Å². The van der Waals surface area contributed by atoms with Gasteiger partial charge in [-0.15, -0.1) is 0 Å². The van der Waals surface area contributed by atoms with E-state index in [4.69, 9.17) is 10.00 Å². The van der Waals surface area contributed by atoms with Gasteiger partial charge in [0.1, 0.15) is 5.69 Å². The van der Waals surface area contributed by atoms with E-state index in [9.17, 15) is 19.7 Å². The number of nitrogens with one attached hydrogen (secondary N) is 1. The van der Waals surface area contributed by atoms with Gasteiger partial charge in [0, 0.05) is 11.6 Å².